The van der Waals surface area contributed by atoms with Gasteiger partial charge in [0.15, 0.2) is 0 Å². The molecule has 21 heavy (non-hydrogen) atoms. The maximum Gasteiger partial charge on any atom is 0.310 e. The molecule has 1 aromatic rings. The summed E-state index contributed by atoms with van der Waals surface area (Å²) in [5.74, 6) is 0.215. The molecule has 0 aliphatic heterocycles. The molecule has 1 aromatic heterocycles. The zero-order chi connectivity index (χ0) is 15.7. The Hall–Kier alpha value is -1.32. The van der Waals surface area contributed by atoms with Gasteiger partial charge in [-0.1, -0.05) is 39.5 Å². The highest BCUT2D eigenvalue weighted by molar-refractivity contribution is 5.69. The number of carboxylic acids is 1. The van der Waals surface area contributed by atoms with Crippen LogP contribution in [0.1, 0.15) is 65.1 Å². The molecule has 1 atom stereocenters. The highest BCUT2D eigenvalue weighted by atomic mass is 16.4. The number of aliphatic carboxylic acids is 1. The fourth-order valence-electron chi connectivity index (χ4n) is 2.66. The van der Waals surface area contributed by atoms with Crippen molar-refractivity contribution in [1.82, 2.24) is 4.57 Å². The average Bonchev–Trinajstić information content (AvgIpc) is 2.81. The minimum absolute atomic E-state index is 0.341. The number of aryl methyl sites for hydroxylation is 1. The van der Waals surface area contributed by atoms with Crippen LogP contribution in [0.5, 0.6) is 0 Å². The van der Waals surface area contributed by atoms with Crippen LogP contribution < -0.4 is 4.57 Å². The van der Waals surface area contributed by atoms with Crippen LogP contribution in [0.25, 0.3) is 0 Å². The van der Waals surface area contributed by atoms with Gasteiger partial charge in [-0.3, -0.25) is 4.79 Å². The third-order valence-electron chi connectivity index (χ3n) is 3.95. The number of carbonyl (C=O) groups is 1. The molecule has 0 saturated heterocycles. The summed E-state index contributed by atoms with van der Waals surface area (Å²) in [6.07, 6.45) is 12.6. The Morgan fingerprint density at radius 3 is 2.57 bits per heavy atom. The van der Waals surface area contributed by atoms with Crippen molar-refractivity contribution in [3.05, 3.63) is 18.2 Å². The van der Waals surface area contributed by atoms with Crippen molar-refractivity contribution >= 4 is 5.97 Å². The van der Waals surface area contributed by atoms with Crippen LogP contribution in [-0.2, 0) is 24.3 Å². The van der Waals surface area contributed by atoms with Crippen molar-refractivity contribution in [3.8, 4) is 0 Å². The summed E-state index contributed by atoms with van der Waals surface area (Å²) in [4.78, 5) is 11.1. The Balaban J connectivity index is 2.67. The molecule has 1 rings (SSSR count). The summed E-state index contributed by atoms with van der Waals surface area (Å²) in [5.41, 5.74) is 0. The van der Waals surface area contributed by atoms with Crippen molar-refractivity contribution in [3.63, 3.8) is 0 Å². The van der Waals surface area contributed by atoms with Gasteiger partial charge in [0.05, 0.1) is 12.5 Å². The van der Waals surface area contributed by atoms with E-state index in [9.17, 15) is 4.79 Å². The van der Waals surface area contributed by atoms with Gasteiger partial charge in [0.25, 0.3) is 5.82 Å². The summed E-state index contributed by atoms with van der Waals surface area (Å²) in [7, 11) is 0. The SMILES string of the molecule is CCCCCCCc1n(CCC)cc[n+]1CC(C)C(=O)O. The zero-order valence-corrected chi connectivity index (χ0v) is 13.8. The predicted molar refractivity (Wildman–Crippen MR) is 84.2 cm³/mol. The average molecular weight is 295 g/mol. The Kier molecular flexibility index (Phi) is 8.09. The normalized spacial score (nSPS) is 12.5. The van der Waals surface area contributed by atoms with Gasteiger partial charge >= 0.3 is 5.97 Å². The summed E-state index contributed by atoms with van der Waals surface area (Å²) in [6.45, 7) is 7.76. The fraction of sp³-hybridized carbons (Fsp3) is 0.765. The first-order valence-electron chi connectivity index (χ1n) is 8.40. The zero-order valence-electron chi connectivity index (χ0n) is 13.8. The van der Waals surface area contributed by atoms with Crippen molar-refractivity contribution in [1.29, 1.82) is 0 Å². The molecular weight excluding hydrogens is 264 g/mol. The molecule has 0 bridgehead atoms. The van der Waals surface area contributed by atoms with E-state index in [0.29, 0.717) is 6.54 Å². The molecule has 4 nitrogen and oxygen atoms in total. The van der Waals surface area contributed by atoms with Crippen LogP contribution in [-0.4, -0.2) is 15.6 Å². The van der Waals surface area contributed by atoms with Gasteiger partial charge in [-0.15, -0.1) is 0 Å². The van der Waals surface area contributed by atoms with E-state index >= 15 is 0 Å². The lowest BCUT2D eigenvalue weighted by Crippen LogP contribution is -2.41. The Morgan fingerprint density at radius 2 is 1.95 bits per heavy atom. The van der Waals surface area contributed by atoms with E-state index in [1.54, 1.807) is 6.92 Å². The quantitative estimate of drug-likeness (QED) is 0.502. The first-order valence-corrected chi connectivity index (χ1v) is 8.40. The highest BCUT2D eigenvalue weighted by Gasteiger charge is 2.21. The van der Waals surface area contributed by atoms with Crippen molar-refractivity contribution in [2.24, 2.45) is 5.92 Å². The number of nitrogens with zero attached hydrogens (tertiary/aromatic N) is 2. The summed E-state index contributed by atoms with van der Waals surface area (Å²) < 4.78 is 4.42. The van der Waals surface area contributed by atoms with Crippen molar-refractivity contribution < 1.29 is 14.5 Å². The summed E-state index contributed by atoms with van der Waals surface area (Å²) >= 11 is 0. The maximum atomic E-state index is 11.1. The molecule has 120 valence electrons. The molecule has 0 saturated carbocycles. The molecule has 0 radical (unpaired) electrons. The molecule has 1 N–H and O–H groups in total. The Bertz CT molecular complexity index is 426. The third-order valence-corrected chi connectivity index (χ3v) is 3.95. The van der Waals surface area contributed by atoms with Gasteiger partial charge in [-0.05, 0) is 19.8 Å². The van der Waals surface area contributed by atoms with Gasteiger partial charge < -0.3 is 5.11 Å². The number of imidazole rings is 1. The molecule has 0 aromatic carbocycles. The molecule has 0 fully saturated rings. The number of unbranched alkanes of at least 4 members (excludes halogenated alkanes) is 4. The molecule has 1 heterocycles. The highest BCUT2D eigenvalue weighted by Crippen LogP contribution is 2.09. The molecule has 1 unspecified atom stereocenters. The first-order chi connectivity index (χ1) is 10.1. The lowest BCUT2D eigenvalue weighted by molar-refractivity contribution is -0.707. The van der Waals surface area contributed by atoms with Crippen molar-refractivity contribution in [2.75, 3.05) is 0 Å². The largest absolute Gasteiger partial charge is 0.481 e. The maximum absolute atomic E-state index is 11.1. The number of hydrogen-bond acceptors (Lipinski definition) is 1. The van der Waals surface area contributed by atoms with Gasteiger partial charge in [-0.2, -0.15) is 0 Å². The predicted octanol–water partition coefficient (Wildman–Crippen LogP) is 3.42. The van der Waals surface area contributed by atoms with Crippen LogP contribution in [0.4, 0.5) is 0 Å². The number of carboxylic acid groups (broad SMARTS) is 1. The van der Waals surface area contributed by atoms with Crippen LogP contribution in [0.3, 0.4) is 0 Å². The topological polar surface area (TPSA) is 46.1 Å². The van der Waals surface area contributed by atoms with Gasteiger partial charge in [0.1, 0.15) is 18.9 Å². The molecule has 0 aliphatic carbocycles. The van der Waals surface area contributed by atoms with E-state index in [0.717, 1.165) is 19.4 Å². The van der Waals surface area contributed by atoms with E-state index in [2.05, 4.69) is 29.2 Å². The monoisotopic (exact) mass is 295 g/mol. The molecular formula is C17H31N2O2+. The number of aromatic nitrogens is 2. The molecule has 4 heteroatoms. The minimum Gasteiger partial charge on any atom is -0.481 e. The molecule has 0 aliphatic rings. The Morgan fingerprint density at radius 1 is 1.24 bits per heavy atom. The minimum atomic E-state index is -0.723. The number of rotatable bonds is 11. The second kappa shape index (κ2) is 9.59. The summed E-state index contributed by atoms with van der Waals surface area (Å²) in [6, 6.07) is 0. The van der Waals surface area contributed by atoms with E-state index in [1.165, 1.54) is 37.9 Å². The molecule has 0 spiro atoms. The number of hydrogen-bond donors (Lipinski definition) is 1. The van der Waals surface area contributed by atoms with Crippen LogP contribution in [0.2, 0.25) is 0 Å². The van der Waals surface area contributed by atoms with Gasteiger partial charge in [0, 0.05) is 6.42 Å². The fourth-order valence-corrected chi connectivity index (χ4v) is 2.66. The van der Waals surface area contributed by atoms with E-state index < -0.39 is 5.97 Å². The second-order valence-corrected chi connectivity index (χ2v) is 5.96. The van der Waals surface area contributed by atoms with Crippen LogP contribution >= 0.6 is 0 Å². The summed E-state index contributed by atoms with van der Waals surface area (Å²) in [5, 5.41) is 9.10. The van der Waals surface area contributed by atoms with E-state index in [1.807, 2.05) is 6.20 Å². The van der Waals surface area contributed by atoms with Crippen LogP contribution in [0.15, 0.2) is 12.4 Å². The molecule has 0 amide bonds. The smallest absolute Gasteiger partial charge is 0.310 e. The third kappa shape index (κ3) is 5.90. The van der Waals surface area contributed by atoms with E-state index in [-0.39, 0.29) is 5.92 Å². The Labute approximate surface area is 128 Å². The lowest BCUT2D eigenvalue weighted by Gasteiger charge is -2.07. The van der Waals surface area contributed by atoms with Crippen LogP contribution in [0, 0.1) is 5.92 Å². The van der Waals surface area contributed by atoms with Gasteiger partial charge in [-0.25, -0.2) is 9.13 Å². The second-order valence-electron chi connectivity index (χ2n) is 5.96. The van der Waals surface area contributed by atoms with E-state index in [4.69, 9.17) is 5.11 Å². The first kappa shape index (κ1) is 17.7. The standard InChI is InChI=1S/C17H30N2O2/c1-4-6-7-8-9-10-16-18(11-5-2)12-13-19(16)14-15(3)17(20)21/h12-13,15H,4-11,14H2,1-3H3/p+1. The van der Waals surface area contributed by atoms with Crippen molar-refractivity contribution in [2.45, 2.75) is 78.8 Å². The lowest BCUT2D eigenvalue weighted by atomic mass is 10.1. The van der Waals surface area contributed by atoms with Gasteiger partial charge in [0.2, 0.25) is 0 Å².